The molecule has 2 aromatic carbocycles. The van der Waals surface area contributed by atoms with Gasteiger partial charge in [0.2, 0.25) is 11.9 Å². The quantitative estimate of drug-likeness (QED) is 0.527. The molecule has 1 saturated heterocycles. The number of amides is 1. The van der Waals surface area contributed by atoms with Gasteiger partial charge in [0.25, 0.3) is 0 Å². The van der Waals surface area contributed by atoms with E-state index in [1.807, 2.05) is 77.9 Å². The number of carbonyl (C=O) groups is 1. The number of benzene rings is 2. The number of morpholine rings is 1. The molecule has 0 atom stereocenters. The van der Waals surface area contributed by atoms with Crippen molar-refractivity contribution in [2.45, 2.75) is 19.0 Å². The largest absolute Gasteiger partial charge is 0.378 e. The van der Waals surface area contributed by atoms with Crippen molar-refractivity contribution in [3.05, 3.63) is 60.2 Å². The number of hydrogen-bond donors (Lipinski definition) is 0. The molecule has 8 heteroatoms. The van der Waals surface area contributed by atoms with Crippen LogP contribution in [0.2, 0.25) is 0 Å². The Morgan fingerprint density at radius 1 is 1.06 bits per heavy atom. The molecule has 31 heavy (non-hydrogen) atoms. The van der Waals surface area contributed by atoms with Crippen LogP contribution in [0.25, 0.3) is 5.69 Å². The molecule has 1 amide bonds. The molecule has 3 aromatic rings. The van der Waals surface area contributed by atoms with E-state index in [2.05, 4.69) is 15.1 Å². The Kier molecular flexibility index (Phi) is 6.89. The number of hydrogen-bond acceptors (Lipinski definition) is 6. The normalized spacial score (nSPS) is 13.9. The maximum absolute atomic E-state index is 13.1. The molecule has 0 bridgehead atoms. The summed E-state index contributed by atoms with van der Waals surface area (Å²) in [6.07, 6.45) is 0. The zero-order chi connectivity index (χ0) is 21.6. The number of ether oxygens (including phenoxy) is 1. The first kappa shape index (κ1) is 21.4. The van der Waals surface area contributed by atoms with Crippen molar-refractivity contribution in [2.75, 3.05) is 48.4 Å². The average Bonchev–Trinajstić information content (AvgIpc) is 3.24. The lowest BCUT2D eigenvalue weighted by molar-refractivity contribution is -0.116. The number of rotatable bonds is 7. The van der Waals surface area contributed by atoms with Crippen molar-refractivity contribution >= 4 is 29.3 Å². The van der Waals surface area contributed by atoms with Gasteiger partial charge in [0.05, 0.1) is 24.7 Å². The van der Waals surface area contributed by atoms with Gasteiger partial charge in [-0.2, -0.15) is 0 Å². The lowest BCUT2D eigenvalue weighted by Gasteiger charge is -2.28. The molecule has 162 valence electrons. The molecule has 0 saturated carbocycles. The van der Waals surface area contributed by atoms with E-state index in [9.17, 15) is 4.79 Å². The predicted molar refractivity (Wildman–Crippen MR) is 124 cm³/mol. The predicted octanol–water partition coefficient (Wildman–Crippen LogP) is 3.56. The zero-order valence-corrected chi connectivity index (χ0v) is 18.7. The summed E-state index contributed by atoms with van der Waals surface area (Å²) in [6, 6.07) is 18.0. The standard InChI is InChI=1S/C23H27N5O2S/c1-3-27(20-12-8-7-9-18(20)2)21(29)17-31-23-25-24-22(26-13-15-30-16-14-26)28(23)19-10-5-4-6-11-19/h4-12H,3,13-17H2,1-2H3. The van der Waals surface area contributed by atoms with Crippen LogP contribution in [0.15, 0.2) is 59.8 Å². The number of thioether (sulfide) groups is 1. The molecule has 1 aliphatic rings. The summed E-state index contributed by atoms with van der Waals surface area (Å²) >= 11 is 1.42. The second kappa shape index (κ2) is 9.98. The highest BCUT2D eigenvalue weighted by atomic mass is 32.2. The summed E-state index contributed by atoms with van der Waals surface area (Å²) in [4.78, 5) is 17.1. The molecule has 4 rings (SSSR count). The van der Waals surface area contributed by atoms with Crippen LogP contribution < -0.4 is 9.80 Å². The maximum Gasteiger partial charge on any atom is 0.237 e. The summed E-state index contributed by atoms with van der Waals surface area (Å²) < 4.78 is 7.52. The molecule has 0 N–H and O–H groups in total. The molecule has 1 aromatic heterocycles. The summed E-state index contributed by atoms with van der Waals surface area (Å²) in [7, 11) is 0. The molecule has 7 nitrogen and oxygen atoms in total. The minimum Gasteiger partial charge on any atom is -0.378 e. The van der Waals surface area contributed by atoms with E-state index in [4.69, 9.17) is 4.74 Å². The molecule has 0 aliphatic carbocycles. The molecular formula is C23H27N5O2S. The third-order valence-electron chi connectivity index (χ3n) is 5.27. The van der Waals surface area contributed by atoms with Crippen molar-refractivity contribution in [1.29, 1.82) is 0 Å². The van der Waals surface area contributed by atoms with Crippen molar-refractivity contribution in [3.63, 3.8) is 0 Å². The van der Waals surface area contributed by atoms with E-state index in [-0.39, 0.29) is 11.7 Å². The van der Waals surface area contributed by atoms with Gasteiger partial charge in [-0.25, -0.2) is 0 Å². The monoisotopic (exact) mass is 437 g/mol. The first-order chi connectivity index (χ1) is 15.2. The summed E-state index contributed by atoms with van der Waals surface area (Å²) in [5.41, 5.74) is 3.02. The summed E-state index contributed by atoms with van der Waals surface area (Å²) in [6.45, 7) is 7.53. The van der Waals surface area contributed by atoms with Gasteiger partial charge in [-0.15, -0.1) is 10.2 Å². The third kappa shape index (κ3) is 4.75. The van der Waals surface area contributed by atoms with E-state index in [1.54, 1.807) is 0 Å². The molecule has 0 spiro atoms. The van der Waals surface area contributed by atoms with Crippen molar-refractivity contribution < 1.29 is 9.53 Å². The van der Waals surface area contributed by atoms with Crippen molar-refractivity contribution in [1.82, 2.24) is 14.8 Å². The number of para-hydroxylation sites is 2. The number of nitrogens with zero attached hydrogens (tertiary/aromatic N) is 5. The van der Waals surface area contributed by atoms with Crippen LogP contribution in [0.5, 0.6) is 0 Å². The van der Waals surface area contributed by atoms with Crippen LogP contribution in [0, 0.1) is 6.92 Å². The highest BCUT2D eigenvalue weighted by Crippen LogP contribution is 2.28. The SMILES string of the molecule is CCN(C(=O)CSc1nnc(N2CCOCC2)n1-c1ccccc1)c1ccccc1C. The minimum absolute atomic E-state index is 0.0531. The Balaban J connectivity index is 1.57. The van der Waals surface area contributed by atoms with E-state index < -0.39 is 0 Å². The number of aryl methyl sites for hydroxylation is 1. The van der Waals surface area contributed by atoms with Crippen LogP contribution in [-0.2, 0) is 9.53 Å². The van der Waals surface area contributed by atoms with Crippen molar-refractivity contribution in [3.8, 4) is 5.69 Å². The van der Waals surface area contributed by atoms with Crippen LogP contribution in [0.3, 0.4) is 0 Å². The molecule has 2 heterocycles. The molecule has 0 unspecified atom stereocenters. The fraction of sp³-hybridized carbons (Fsp3) is 0.348. The smallest absolute Gasteiger partial charge is 0.237 e. The first-order valence-corrected chi connectivity index (χ1v) is 11.5. The second-order valence-electron chi connectivity index (χ2n) is 7.27. The lowest BCUT2D eigenvalue weighted by atomic mass is 10.2. The number of anilines is 2. The van der Waals surface area contributed by atoms with Crippen molar-refractivity contribution in [2.24, 2.45) is 0 Å². The maximum atomic E-state index is 13.1. The van der Waals surface area contributed by atoms with Crippen LogP contribution >= 0.6 is 11.8 Å². The summed E-state index contributed by atoms with van der Waals surface area (Å²) in [5, 5.41) is 9.62. The van der Waals surface area contributed by atoms with Crippen LogP contribution in [0.1, 0.15) is 12.5 Å². The average molecular weight is 438 g/mol. The van der Waals surface area contributed by atoms with E-state index >= 15 is 0 Å². The Morgan fingerprint density at radius 2 is 1.77 bits per heavy atom. The minimum atomic E-state index is 0.0531. The zero-order valence-electron chi connectivity index (χ0n) is 17.9. The Labute approximate surface area is 187 Å². The van der Waals surface area contributed by atoms with E-state index in [0.717, 1.165) is 36.0 Å². The van der Waals surface area contributed by atoms with Gasteiger partial charge < -0.3 is 14.5 Å². The van der Waals surface area contributed by atoms with Gasteiger partial charge in [-0.05, 0) is 37.6 Å². The van der Waals surface area contributed by atoms with Crippen LogP contribution in [0.4, 0.5) is 11.6 Å². The number of aromatic nitrogens is 3. The molecule has 0 radical (unpaired) electrons. The van der Waals surface area contributed by atoms with Gasteiger partial charge >= 0.3 is 0 Å². The van der Waals surface area contributed by atoms with Gasteiger partial charge in [-0.1, -0.05) is 48.2 Å². The highest BCUT2D eigenvalue weighted by Gasteiger charge is 2.23. The van der Waals surface area contributed by atoms with E-state index in [0.29, 0.717) is 24.9 Å². The Bertz CT molecular complexity index is 1020. The van der Waals surface area contributed by atoms with Gasteiger partial charge in [0, 0.05) is 25.3 Å². The van der Waals surface area contributed by atoms with Crippen LogP contribution in [-0.4, -0.2) is 59.3 Å². The highest BCUT2D eigenvalue weighted by molar-refractivity contribution is 7.99. The Morgan fingerprint density at radius 3 is 2.48 bits per heavy atom. The van der Waals surface area contributed by atoms with Gasteiger partial charge in [0.1, 0.15) is 0 Å². The topological polar surface area (TPSA) is 63.5 Å². The molecular weight excluding hydrogens is 410 g/mol. The van der Waals surface area contributed by atoms with E-state index in [1.165, 1.54) is 11.8 Å². The fourth-order valence-electron chi connectivity index (χ4n) is 3.68. The second-order valence-corrected chi connectivity index (χ2v) is 8.21. The van der Waals surface area contributed by atoms with Gasteiger partial charge in [0.15, 0.2) is 5.16 Å². The third-order valence-corrected chi connectivity index (χ3v) is 6.19. The molecule has 1 fully saturated rings. The fourth-order valence-corrected chi connectivity index (χ4v) is 4.50. The van der Waals surface area contributed by atoms with Gasteiger partial charge in [-0.3, -0.25) is 9.36 Å². The summed E-state index contributed by atoms with van der Waals surface area (Å²) in [5.74, 6) is 1.13. The lowest BCUT2D eigenvalue weighted by Crippen LogP contribution is -2.38. The molecule has 1 aliphatic heterocycles. The Hall–Kier alpha value is -2.84. The number of carbonyl (C=O) groups excluding carboxylic acids is 1. The first-order valence-electron chi connectivity index (χ1n) is 10.5.